The molecular formula is C32H43NO4Si. The molecule has 1 N–H and O–H groups in total. The number of hydrogen-bond acceptors (Lipinski definition) is 5. The third-order valence-corrected chi connectivity index (χ3v) is 11.7. The summed E-state index contributed by atoms with van der Waals surface area (Å²) in [6.45, 7) is 11.4. The van der Waals surface area contributed by atoms with E-state index in [1.165, 1.54) is 0 Å². The number of rotatable bonds is 11. The Morgan fingerprint density at radius 1 is 0.842 bits per heavy atom. The van der Waals surface area contributed by atoms with Crippen LogP contribution in [0, 0.1) is 0 Å². The van der Waals surface area contributed by atoms with Gasteiger partial charge in [-0.3, -0.25) is 4.90 Å². The van der Waals surface area contributed by atoms with Crippen LogP contribution >= 0.6 is 0 Å². The number of ether oxygens (including phenoxy) is 2. The summed E-state index contributed by atoms with van der Waals surface area (Å²) in [5.74, 6) is 0. The predicted octanol–water partition coefficient (Wildman–Crippen LogP) is 6.40. The number of aliphatic hydroxyl groups is 1. The average Bonchev–Trinajstić information content (AvgIpc) is 3.25. The Hall–Kier alpha value is -2.32. The average molecular weight is 534 g/mol. The zero-order valence-corrected chi connectivity index (χ0v) is 24.5. The molecule has 5 nitrogen and oxygen atoms in total. The van der Waals surface area contributed by atoms with Gasteiger partial charge < -0.3 is 19.0 Å². The third kappa shape index (κ3) is 6.62. The Labute approximate surface area is 229 Å². The van der Waals surface area contributed by atoms with Gasteiger partial charge in [0.15, 0.2) is 14.6 Å². The smallest absolute Gasteiger partial charge is 0.189 e. The largest absolute Gasteiger partial charge is 0.412 e. The van der Waals surface area contributed by atoms with Crippen LogP contribution in [0.1, 0.15) is 43.5 Å². The zero-order valence-electron chi connectivity index (χ0n) is 23.5. The van der Waals surface area contributed by atoms with Gasteiger partial charge in [0.1, 0.15) is 12.2 Å². The van der Waals surface area contributed by atoms with Gasteiger partial charge in [0, 0.05) is 0 Å². The summed E-state index contributed by atoms with van der Waals surface area (Å²) in [5, 5.41) is 11.4. The molecule has 4 rings (SSSR count). The SMILES string of the molecule is CC(C)[Si](C)(C)O[C@H](C)[C@@H]1OC(O)[C@H](N(C)C(c2ccccc2)c2ccccc2)[C@H]1OCc1ccccc1. The quantitative estimate of drug-likeness (QED) is 0.289. The molecule has 0 radical (unpaired) electrons. The van der Waals surface area contributed by atoms with Crippen LogP contribution in [0.5, 0.6) is 0 Å². The molecule has 0 saturated carbocycles. The summed E-state index contributed by atoms with van der Waals surface area (Å²) in [4.78, 5) is 2.21. The van der Waals surface area contributed by atoms with Crippen molar-refractivity contribution in [2.24, 2.45) is 0 Å². The third-order valence-electron chi connectivity index (χ3n) is 7.99. The van der Waals surface area contributed by atoms with Gasteiger partial charge in [-0.1, -0.05) is 105 Å². The van der Waals surface area contributed by atoms with Crippen LogP contribution < -0.4 is 0 Å². The van der Waals surface area contributed by atoms with E-state index in [0.717, 1.165) is 16.7 Å². The van der Waals surface area contributed by atoms with Crippen molar-refractivity contribution in [3.05, 3.63) is 108 Å². The van der Waals surface area contributed by atoms with Crippen molar-refractivity contribution < 1.29 is 19.0 Å². The lowest BCUT2D eigenvalue weighted by atomic mass is 9.94. The normalized spacial score (nSPS) is 22.9. The highest BCUT2D eigenvalue weighted by atomic mass is 28.4. The molecule has 1 aliphatic rings. The Kier molecular flexibility index (Phi) is 9.57. The number of hydrogen-bond donors (Lipinski definition) is 1. The molecule has 0 amide bonds. The highest BCUT2D eigenvalue weighted by Gasteiger charge is 2.51. The van der Waals surface area contributed by atoms with Gasteiger partial charge in [-0.15, -0.1) is 0 Å². The first kappa shape index (κ1) is 28.7. The van der Waals surface area contributed by atoms with Crippen LogP contribution in [-0.2, 0) is 20.5 Å². The van der Waals surface area contributed by atoms with Gasteiger partial charge in [-0.25, -0.2) is 0 Å². The molecule has 0 aromatic heterocycles. The van der Waals surface area contributed by atoms with E-state index in [9.17, 15) is 5.11 Å². The molecule has 38 heavy (non-hydrogen) atoms. The van der Waals surface area contributed by atoms with Gasteiger partial charge in [0.2, 0.25) is 0 Å². The molecule has 0 aliphatic carbocycles. The van der Waals surface area contributed by atoms with Crippen LogP contribution in [0.4, 0.5) is 0 Å². The van der Waals surface area contributed by atoms with E-state index in [1.54, 1.807) is 0 Å². The molecule has 204 valence electrons. The van der Waals surface area contributed by atoms with Crippen LogP contribution in [0.25, 0.3) is 0 Å². The summed E-state index contributed by atoms with van der Waals surface area (Å²) in [6.07, 6.45) is -2.04. The fraction of sp³-hybridized carbons (Fsp3) is 0.438. The van der Waals surface area contributed by atoms with Crippen molar-refractivity contribution in [2.75, 3.05) is 7.05 Å². The van der Waals surface area contributed by atoms with Gasteiger partial charge in [0.05, 0.1) is 24.8 Å². The predicted molar refractivity (Wildman–Crippen MR) is 155 cm³/mol. The molecular weight excluding hydrogens is 490 g/mol. The molecule has 1 saturated heterocycles. The summed E-state index contributed by atoms with van der Waals surface area (Å²) < 4.78 is 19.6. The van der Waals surface area contributed by atoms with Crippen molar-refractivity contribution >= 4 is 8.32 Å². The highest BCUT2D eigenvalue weighted by Crippen LogP contribution is 2.38. The second-order valence-electron chi connectivity index (χ2n) is 11.2. The van der Waals surface area contributed by atoms with E-state index >= 15 is 0 Å². The molecule has 0 bridgehead atoms. The molecule has 3 aromatic rings. The molecule has 6 heteroatoms. The molecule has 1 aliphatic heterocycles. The van der Waals surface area contributed by atoms with Crippen molar-refractivity contribution in [1.82, 2.24) is 4.90 Å². The second kappa shape index (κ2) is 12.7. The lowest BCUT2D eigenvalue weighted by molar-refractivity contribution is -0.136. The highest BCUT2D eigenvalue weighted by molar-refractivity contribution is 6.72. The first-order chi connectivity index (χ1) is 18.2. The van der Waals surface area contributed by atoms with Crippen LogP contribution in [0.15, 0.2) is 91.0 Å². The molecule has 0 spiro atoms. The Morgan fingerprint density at radius 2 is 1.34 bits per heavy atom. The van der Waals surface area contributed by atoms with Crippen LogP contribution in [-0.4, -0.2) is 56.0 Å². The lowest BCUT2D eigenvalue weighted by Crippen LogP contribution is -2.51. The minimum absolute atomic E-state index is 0.0834. The first-order valence-electron chi connectivity index (χ1n) is 13.7. The number of nitrogens with zero attached hydrogens (tertiary/aromatic N) is 1. The standard InChI is InChI=1S/C32H43NO4Si/c1-23(2)38(5,6)37-24(3)30-31(35-22-25-16-10-7-11-17-25)29(32(34)36-30)33(4)28(26-18-12-8-13-19-26)27-20-14-9-15-21-27/h7-21,23-24,28-32,34H,22H2,1-6H3/t24-,29-,30+,31-,32?/m1/s1. The van der Waals surface area contributed by atoms with E-state index in [0.29, 0.717) is 12.1 Å². The van der Waals surface area contributed by atoms with E-state index in [1.807, 2.05) is 30.3 Å². The first-order valence-corrected chi connectivity index (χ1v) is 16.7. The molecule has 5 atom stereocenters. The van der Waals surface area contributed by atoms with Crippen molar-refractivity contribution in [3.63, 3.8) is 0 Å². The van der Waals surface area contributed by atoms with Crippen LogP contribution in [0.2, 0.25) is 18.6 Å². The van der Waals surface area contributed by atoms with E-state index < -0.39 is 32.9 Å². The summed E-state index contributed by atoms with van der Waals surface area (Å²) in [7, 11) is 0.100. The van der Waals surface area contributed by atoms with Gasteiger partial charge in [-0.05, 0) is 49.3 Å². The minimum atomic E-state index is -1.96. The number of benzene rings is 3. The van der Waals surface area contributed by atoms with Gasteiger partial charge in [0.25, 0.3) is 0 Å². The Morgan fingerprint density at radius 3 is 1.84 bits per heavy atom. The summed E-state index contributed by atoms with van der Waals surface area (Å²) >= 11 is 0. The molecule has 1 fully saturated rings. The minimum Gasteiger partial charge on any atom is -0.412 e. The molecule has 1 heterocycles. The maximum atomic E-state index is 11.4. The maximum Gasteiger partial charge on any atom is 0.189 e. The van der Waals surface area contributed by atoms with E-state index in [-0.39, 0.29) is 12.1 Å². The monoisotopic (exact) mass is 533 g/mol. The zero-order chi connectivity index (χ0) is 27.3. The van der Waals surface area contributed by atoms with Crippen LogP contribution in [0.3, 0.4) is 0 Å². The topological polar surface area (TPSA) is 51.2 Å². The Bertz CT molecular complexity index is 1070. The lowest BCUT2D eigenvalue weighted by Gasteiger charge is -2.38. The summed E-state index contributed by atoms with van der Waals surface area (Å²) in [5.41, 5.74) is 3.84. The molecule has 1 unspecified atom stereocenters. The fourth-order valence-corrected chi connectivity index (χ4v) is 6.60. The van der Waals surface area contributed by atoms with Gasteiger partial charge in [-0.2, -0.15) is 0 Å². The number of aliphatic hydroxyl groups excluding tert-OH is 1. The second-order valence-corrected chi connectivity index (χ2v) is 15.8. The maximum absolute atomic E-state index is 11.4. The van der Waals surface area contributed by atoms with Crippen molar-refractivity contribution in [1.29, 1.82) is 0 Å². The Balaban J connectivity index is 1.68. The summed E-state index contributed by atoms with van der Waals surface area (Å²) in [6, 6.07) is 30.5. The fourth-order valence-electron chi connectivity index (χ4n) is 5.23. The molecule has 3 aromatic carbocycles. The van der Waals surface area contributed by atoms with Crippen molar-refractivity contribution in [3.8, 4) is 0 Å². The van der Waals surface area contributed by atoms with E-state index in [2.05, 4.69) is 106 Å². The van der Waals surface area contributed by atoms with E-state index in [4.69, 9.17) is 13.9 Å². The van der Waals surface area contributed by atoms with Gasteiger partial charge >= 0.3 is 0 Å². The van der Waals surface area contributed by atoms with Crippen molar-refractivity contribution in [2.45, 2.75) is 82.7 Å². The number of likely N-dealkylation sites (N-methyl/N-ethyl adjacent to an activating group) is 1.